The first-order chi connectivity index (χ1) is 24.8. The van der Waals surface area contributed by atoms with Crippen molar-refractivity contribution in [1.82, 2.24) is 29.1 Å². The normalized spacial score (nSPS) is 11.6. The van der Waals surface area contributed by atoms with Gasteiger partial charge < -0.3 is 4.57 Å². The van der Waals surface area contributed by atoms with E-state index in [0.717, 1.165) is 71.7 Å². The summed E-state index contributed by atoms with van der Waals surface area (Å²) in [5, 5.41) is 4.52. The van der Waals surface area contributed by atoms with Gasteiger partial charge in [-0.1, -0.05) is 127 Å². The zero-order valence-electron chi connectivity index (χ0n) is 26.8. The number of pyridine rings is 1. The molecule has 0 aliphatic heterocycles. The SMILES string of the molecule is c1ccc(-c2nc(-c3ccccc3)nc(-n3c4ccccc4c4ccc(-c5nccc6c5c5ccccc5n6-c5ccccc5)cc43)n2)cc1. The van der Waals surface area contributed by atoms with Crippen molar-refractivity contribution in [2.75, 3.05) is 0 Å². The standard InChI is InChI=1S/C44H28N6/c1-4-14-29(15-5-1)42-46-43(30-16-6-2-7-17-30)48-44(47-42)50-36-22-12-10-20-33(36)34-25-24-31(28-39(34)50)41-40-35-21-11-13-23-37(35)49(38(40)26-27-45-41)32-18-8-3-9-19-32/h1-28H. The number of para-hydroxylation sites is 3. The third-order valence-electron chi connectivity index (χ3n) is 9.43. The summed E-state index contributed by atoms with van der Waals surface area (Å²) in [6.45, 7) is 0. The Morgan fingerprint density at radius 3 is 1.62 bits per heavy atom. The summed E-state index contributed by atoms with van der Waals surface area (Å²) < 4.78 is 4.49. The number of hydrogen-bond donors (Lipinski definition) is 0. The van der Waals surface area contributed by atoms with Crippen LogP contribution in [0.1, 0.15) is 0 Å². The third-order valence-corrected chi connectivity index (χ3v) is 9.43. The maximum Gasteiger partial charge on any atom is 0.238 e. The molecule has 0 aliphatic rings. The monoisotopic (exact) mass is 640 g/mol. The number of aromatic nitrogens is 6. The van der Waals surface area contributed by atoms with Crippen molar-refractivity contribution in [3.63, 3.8) is 0 Å². The van der Waals surface area contributed by atoms with Crippen molar-refractivity contribution in [2.24, 2.45) is 0 Å². The minimum atomic E-state index is 0.563. The molecule has 50 heavy (non-hydrogen) atoms. The number of fused-ring (bicyclic) bond motifs is 6. The molecule has 0 N–H and O–H groups in total. The molecule has 0 fully saturated rings. The Kier molecular flexibility index (Phi) is 6.39. The zero-order valence-corrected chi connectivity index (χ0v) is 26.8. The minimum Gasteiger partial charge on any atom is -0.309 e. The van der Waals surface area contributed by atoms with Crippen molar-refractivity contribution in [2.45, 2.75) is 0 Å². The maximum absolute atomic E-state index is 5.12. The van der Waals surface area contributed by atoms with Gasteiger partial charge >= 0.3 is 0 Å². The van der Waals surface area contributed by atoms with Crippen molar-refractivity contribution >= 4 is 43.6 Å². The summed E-state index contributed by atoms with van der Waals surface area (Å²) in [6, 6.07) is 56.5. The summed E-state index contributed by atoms with van der Waals surface area (Å²) in [5.41, 5.74) is 9.20. The van der Waals surface area contributed by atoms with Gasteiger partial charge in [-0.05, 0) is 36.4 Å². The van der Waals surface area contributed by atoms with Crippen LogP contribution in [0.5, 0.6) is 0 Å². The summed E-state index contributed by atoms with van der Waals surface area (Å²) in [4.78, 5) is 20.2. The topological polar surface area (TPSA) is 61.4 Å². The molecule has 0 atom stereocenters. The molecule has 234 valence electrons. The Bertz CT molecular complexity index is 2800. The van der Waals surface area contributed by atoms with E-state index in [2.05, 4.69) is 112 Å². The molecular formula is C44H28N6. The highest BCUT2D eigenvalue weighted by Crippen LogP contribution is 2.40. The predicted octanol–water partition coefficient (Wildman–Crippen LogP) is 10.5. The van der Waals surface area contributed by atoms with Gasteiger partial charge in [-0.25, -0.2) is 4.98 Å². The first kappa shape index (κ1) is 28.1. The van der Waals surface area contributed by atoms with Gasteiger partial charge in [0.25, 0.3) is 0 Å². The molecule has 10 rings (SSSR count). The molecule has 0 saturated carbocycles. The van der Waals surface area contributed by atoms with Crippen LogP contribution in [-0.4, -0.2) is 29.1 Å². The quantitative estimate of drug-likeness (QED) is 0.188. The first-order valence-electron chi connectivity index (χ1n) is 16.7. The number of benzene rings is 6. The van der Waals surface area contributed by atoms with Crippen LogP contribution in [-0.2, 0) is 0 Å². The lowest BCUT2D eigenvalue weighted by atomic mass is 10.0. The fourth-order valence-electron chi connectivity index (χ4n) is 7.22. The zero-order chi connectivity index (χ0) is 33.0. The molecule has 6 aromatic carbocycles. The van der Waals surface area contributed by atoms with Gasteiger partial charge in [0.15, 0.2) is 11.6 Å². The van der Waals surface area contributed by atoms with Crippen LogP contribution in [0.2, 0.25) is 0 Å². The summed E-state index contributed by atoms with van der Waals surface area (Å²) in [5.74, 6) is 1.81. The fraction of sp³-hybridized carbons (Fsp3) is 0. The van der Waals surface area contributed by atoms with Crippen LogP contribution in [0.15, 0.2) is 170 Å². The summed E-state index contributed by atoms with van der Waals surface area (Å²) in [7, 11) is 0. The van der Waals surface area contributed by atoms with E-state index < -0.39 is 0 Å². The lowest BCUT2D eigenvalue weighted by Crippen LogP contribution is -2.06. The highest BCUT2D eigenvalue weighted by Gasteiger charge is 2.21. The lowest BCUT2D eigenvalue weighted by molar-refractivity contribution is 0.953. The Morgan fingerprint density at radius 2 is 0.940 bits per heavy atom. The van der Waals surface area contributed by atoms with E-state index >= 15 is 0 Å². The summed E-state index contributed by atoms with van der Waals surface area (Å²) in [6.07, 6.45) is 1.92. The third kappa shape index (κ3) is 4.43. The van der Waals surface area contributed by atoms with Gasteiger partial charge in [-0.15, -0.1) is 0 Å². The Hall–Kier alpha value is -6.92. The molecule has 4 aromatic heterocycles. The molecule has 6 heteroatoms. The van der Waals surface area contributed by atoms with E-state index in [1.807, 2.05) is 66.9 Å². The highest BCUT2D eigenvalue weighted by atomic mass is 15.2. The Balaban J connectivity index is 1.25. The molecular weight excluding hydrogens is 613 g/mol. The smallest absolute Gasteiger partial charge is 0.238 e. The van der Waals surface area contributed by atoms with Crippen molar-refractivity contribution in [1.29, 1.82) is 0 Å². The van der Waals surface area contributed by atoms with Gasteiger partial charge in [0.05, 0.1) is 27.8 Å². The van der Waals surface area contributed by atoms with Crippen LogP contribution in [0.25, 0.3) is 89.3 Å². The first-order valence-corrected chi connectivity index (χ1v) is 16.7. The van der Waals surface area contributed by atoms with Crippen molar-refractivity contribution < 1.29 is 0 Å². The van der Waals surface area contributed by atoms with Gasteiger partial charge in [0, 0.05) is 50.1 Å². The molecule has 4 heterocycles. The van der Waals surface area contributed by atoms with E-state index in [0.29, 0.717) is 17.6 Å². The van der Waals surface area contributed by atoms with Crippen LogP contribution in [0, 0.1) is 0 Å². The summed E-state index contributed by atoms with van der Waals surface area (Å²) >= 11 is 0. The minimum absolute atomic E-state index is 0.563. The molecule has 0 amide bonds. The molecule has 0 spiro atoms. The van der Waals surface area contributed by atoms with Gasteiger partial charge in [-0.3, -0.25) is 9.55 Å². The second-order valence-electron chi connectivity index (χ2n) is 12.3. The molecule has 0 saturated heterocycles. The number of rotatable bonds is 5. The maximum atomic E-state index is 5.12. The number of nitrogens with zero attached hydrogens (tertiary/aromatic N) is 6. The van der Waals surface area contributed by atoms with Crippen molar-refractivity contribution in [3.05, 3.63) is 170 Å². The molecule has 0 bridgehead atoms. The van der Waals surface area contributed by atoms with Crippen LogP contribution < -0.4 is 0 Å². The van der Waals surface area contributed by atoms with Gasteiger partial charge in [-0.2, -0.15) is 9.97 Å². The van der Waals surface area contributed by atoms with E-state index in [-0.39, 0.29) is 0 Å². The van der Waals surface area contributed by atoms with Crippen LogP contribution in [0.3, 0.4) is 0 Å². The lowest BCUT2D eigenvalue weighted by Gasteiger charge is -2.11. The second-order valence-corrected chi connectivity index (χ2v) is 12.3. The average molecular weight is 641 g/mol. The fourth-order valence-corrected chi connectivity index (χ4v) is 7.22. The molecule has 0 unspecified atom stereocenters. The largest absolute Gasteiger partial charge is 0.309 e. The van der Waals surface area contributed by atoms with Gasteiger partial charge in [0.2, 0.25) is 5.95 Å². The highest BCUT2D eigenvalue weighted by molar-refractivity contribution is 6.16. The molecule has 0 aliphatic carbocycles. The average Bonchev–Trinajstić information content (AvgIpc) is 3.71. The molecule has 0 radical (unpaired) electrons. The van der Waals surface area contributed by atoms with E-state index in [4.69, 9.17) is 19.9 Å². The van der Waals surface area contributed by atoms with E-state index in [1.54, 1.807) is 0 Å². The molecule has 6 nitrogen and oxygen atoms in total. The van der Waals surface area contributed by atoms with Crippen LogP contribution >= 0.6 is 0 Å². The molecule has 10 aromatic rings. The van der Waals surface area contributed by atoms with E-state index in [9.17, 15) is 0 Å². The number of hydrogen-bond acceptors (Lipinski definition) is 4. The van der Waals surface area contributed by atoms with Gasteiger partial charge in [0.1, 0.15) is 0 Å². The predicted molar refractivity (Wildman–Crippen MR) is 203 cm³/mol. The Morgan fingerprint density at radius 1 is 0.380 bits per heavy atom. The van der Waals surface area contributed by atoms with E-state index in [1.165, 1.54) is 0 Å². The second kappa shape index (κ2) is 11.4. The Labute approximate surface area is 287 Å². The van der Waals surface area contributed by atoms with Crippen molar-refractivity contribution in [3.8, 4) is 45.7 Å². The van der Waals surface area contributed by atoms with Crippen LogP contribution in [0.4, 0.5) is 0 Å².